The monoisotopic (exact) mass is 643 g/mol. The van der Waals surface area contributed by atoms with E-state index in [0.29, 0.717) is 46.2 Å². The number of aliphatic hydroxyl groups is 3. The maximum Gasteiger partial charge on any atom is 0.259 e. The minimum absolute atomic E-state index is 0.312. The van der Waals surface area contributed by atoms with Gasteiger partial charge in [0.15, 0.2) is 6.10 Å². The molecule has 1 saturated carbocycles. The number of rotatable bonds is 7. The van der Waals surface area contributed by atoms with E-state index >= 15 is 0 Å². The molecule has 1 aromatic heterocycles. The van der Waals surface area contributed by atoms with E-state index in [4.69, 9.17) is 9.47 Å². The predicted molar refractivity (Wildman–Crippen MR) is 152 cm³/mol. The highest BCUT2D eigenvalue weighted by atomic mass is 79.9. The number of nitriles is 1. The van der Waals surface area contributed by atoms with Gasteiger partial charge < -0.3 is 29.7 Å². The average Bonchev–Trinajstić information content (AvgIpc) is 3.61. The van der Waals surface area contributed by atoms with Crippen molar-refractivity contribution in [3.05, 3.63) is 64.0 Å². The van der Waals surface area contributed by atoms with Crippen molar-refractivity contribution >= 4 is 27.5 Å². The Hall–Kier alpha value is -3.25. The van der Waals surface area contributed by atoms with Gasteiger partial charge in [-0.2, -0.15) is 5.26 Å². The highest BCUT2D eigenvalue weighted by Gasteiger charge is 2.52. The number of aliphatic hydroxyl groups excluding tert-OH is 3. The number of nitrogens with zero attached hydrogens (tertiary/aromatic N) is 5. The molecule has 0 bridgehead atoms. The smallest absolute Gasteiger partial charge is 0.259 e. The number of hydrogen-bond donors (Lipinski definition) is 3. The first-order valence-electron chi connectivity index (χ1n) is 13.5. The minimum atomic E-state index is -1.35. The molecule has 11 nitrogen and oxygen atoms in total. The molecule has 1 aliphatic carbocycles. The van der Waals surface area contributed by atoms with Crippen LogP contribution in [-0.4, -0.2) is 86.5 Å². The summed E-state index contributed by atoms with van der Waals surface area (Å²) >= 11 is 3.27. The molecule has 7 atom stereocenters. The van der Waals surface area contributed by atoms with Gasteiger partial charge >= 0.3 is 0 Å². The number of hydrogen-bond acceptors (Lipinski definition) is 9. The highest BCUT2D eigenvalue weighted by Crippen LogP contribution is 2.37. The van der Waals surface area contributed by atoms with E-state index in [1.54, 1.807) is 31.2 Å². The second-order valence-electron chi connectivity index (χ2n) is 10.6. The first-order chi connectivity index (χ1) is 20.1. The third-order valence-corrected chi connectivity index (χ3v) is 8.30. The van der Waals surface area contributed by atoms with Gasteiger partial charge in [-0.25, -0.2) is 9.07 Å². The molecule has 222 valence electrons. The largest absolute Gasteiger partial charge is 0.394 e. The van der Waals surface area contributed by atoms with E-state index in [2.05, 4.69) is 32.3 Å². The Kier molecular flexibility index (Phi) is 9.03. The molecular formula is C29H31BrFN5O6. The normalized spacial score (nSPS) is 27.5. The summed E-state index contributed by atoms with van der Waals surface area (Å²) in [4.78, 5) is 15.9. The number of benzene rings is 2. The molecule has 2 aromatic carbocycles. The predicted octanol–water partition coefficient (Wildman–Crippen LogP) is 2.65. The third kappa shape index (κ3) is 5.83. The van der Waals surface area contributed by atoms with Crippen molar-refractivity contribution in [2.45, 2.75) is 68.8 Å². The van der Waals surface area contributed by atoms with E-state index in [1.165, 1.54) is 35.0 Å². The fraction of sp³-hybridized carbons (Fsp3) is 0.448. The van der Waals surface area contributed by atoms with E-state index in [0.717, 1.165) is 5.56 Å². The summed E-state index contributed by atoms with van der Waals surface area (Å²) in [6.45, 7) is 1.20. The van der Waals surface area contributed by atoms with Gasteiger partial charge in [0.2, 0.25) is 0 Å². The Morgan fingerprint density at radius 1 is 1.26 bits per heavy atom. The average molecular weight is 644 g/mol. The van der Waals surface area contributed by atoms with Crippen molar-refractivity contribution in [2.75, 3.05) is 18.6 Å². The van der Waals surface area contributed by atoms with Gasteiger partial charge in [0.05, 0.1) is 36.6 Å². The van der Waals surface area contributed by atoms with Gasteiger partial charge in [-0.3, -0.25) is 4.79 Å². The van der Waals surface area contributed by atoms with Crippen LogP contribution in [0, 0.1) is 24.1 Å². The summed E-state index contributed by atoms with van der Waals surface area (Å²) in [6.07, 6.45) is -2.56. The van der Waals surface area contributed by atoms with Crippen LogP contribution in [-0.2, 0) is 14.3 Å². The van der Waals surface area contributed by atoms with Crippen molar-refractivity contribution in [2.24, 2.45) is 0 Å². The standard InChI is InChI=1S/C29H31BrFN5O6/c1-15-6-16(12-32)8-20(7-15)36(22-4-3-5-23(22)38)29(40)28-27(41-2)25(26(39)24(14-37)42-28)35-13-21(33-34-35)17-9-18(30)11-19(31)10-17/h6-11,13,22-28,37-39H,3-5,14H2,1-2H3/t22-,23-,24-,25+,26+,27-,28-/m1/s1. The number of halogens is 2. The zero-order chi connectivity index (χ0) is 30.1. The van der Waals surface area contributed by atoms with Crippen molar-refractivity contribution < 1.29 is 34.0 Å². The SMILES string of the molecule is CO[C@@H]1[C@@H](n2cc(-c3cc(F)cc(Br)c3)nn2)[C@@H](O)[C@@H](CO)O[C@H]1C(=O)N(c1cc(C)cc(C#N)c1)[C@@H]1CCC[C@H]1O. The quantitative estimate of drug-likeness (QED) is 0.352. The topological polar surface area (TPSA) is 154 Å². The minimum Gasteiger partial charge on any atom is -0.394 e. The molecule has 0 unspecified atom stereocenters. The molecule has 2 fully saturated rings. The van der Waals surface area contributed by atoms with Gasteiger partial charge in [-0.05, 0) is 68.1 Å². The van der Waals surface area contributed by atoms with Crippen LogP contribution in [0.3, 0.4) is 0 Å². The molecule has 1 aliphatic heterocycles. The summed E-state index contributed by atoms with van der Waals surface area (Å²) in [5, 5.41) is 50.1. The van der Waals surface area contributed by atoms with Crippen LogP contribution < -0.4 is 4.90 Å². The number of ether oxygens (including phenoxy) is 2. The van der Waals surface area contributed by atoms with Crippen molar-refractivity contribution in [3.8, 4) is 17.3 Å². The van der Waals surface area contributed by atoms with Gasteiger partial charge in [-0.1, -0.05) is 21.1 Å². The molecule has 3 N–H and O–H groups in total. The lowest BCUT2D eigenvalue weighted by atomic mass is 9.91. The fourth-order valence-corrected chi connectivity index (χ4v) is 6.39. The lowest BCUT2D eigenvalue weighted by Gasteiger charge is -2.45. The Bertz CT molecular complexity index is 1480. The molecule has 1 amide bonds. The Morgan fingerprint density at radius 3 is 2.69 bits per heavy atom. The second kappa shape index (κ2) is 12.5. The maximum absolute atomic E-state index is 14.4. The molecule has 0 radical (unpaired) electrons. The zero-order valence-electron chi connectivity index (χ0n) is 23.0. The molecule has 2 aliphatic rings. The number of aromatic nitrogens is 3. The second-order valence-corrected chi connectivity index (χ2v) is 11.6. The lowest BCUT2D eigenvalue weighted by molar-refractivity contribution is -0.211. The first kappa shape index (κ1) is 30.2. The highest BCUT2D eigenvalue weighted by molar-refractivity contribution is 9.10. The van der Waals surface area contributed by atoms with E-state index < -0.39 is 60.9 Å². The Morgan fingerprint density at radius 2 is 2.05 bits per heavy atom. The summed E-state index contributed by atoms with van der Waals surface area (Å²) in [7, 11) is 1.37. The van der Waals surface area contributed by atoms with Crippen molar-refractivity contribution in [3.63, 3.8) is 0 Å². The third-order valence-electron chi connectivity index (χ3n) is 7.84. The van der Waals surface area contributed by atoms with Gasteiger partial charge in [0, 0.05) is 22.8 Å². The number of carbonyl (C=O) groups is 1. The summed E-state index contributed by atoms with van der Waals surface area (Å²) in [5.41, 5.74) is 2.27. The molecule has 5 rings (SSSR count). The molecular weight excluding hydrogens is 613 g/mol. The molecule has 13 heteroatoms. The van der Waals surface area contributed by atoms with Crippen molar-refractivity contribution in [1.29, 1.82) is 5.26 Å². The maximum atomic E-state index is 14.4. The molecule has 1 saturated heterocycles. The van der Waals surface area contributed by atoms with Gasteiger partial charge in [-0.15, -0.1) is 5.10 Å². The van der Waals surface area contributed by atoms with Crippen molar-refractivity contribution in [1.82, 2.24) is 15.0 Å². The number of carbonyl (C=O) groups excluding carboxylic acids is 1. The number of methoxy groups -OCH3 is 1. The van der Waals surface area contributed by atoms with E-state index in [-0.39, 0.29) is 0 Å². The Labute approximate surface area is 250 Å². The van der Waals surface area contributed by atoms with Crippen LogP contribution in [0.5, 0.6) is 0 Å². The van der Waals surface area contributed by atoms with Crippen LogP contribution in [0.25, 0.3) is 11.3 Å². The van der Waals surface area contributed by atoms with Gasteiger partial charge in [0.25, 0.3) is 5.91 Å². The summed E-state index contributed by atoms with van der Waals surface area (Å²) < 4.78 is 27.7. The van der Waals surface area contributed by atoms with Crippen LogP contribution in [0.2, 0.25) is 0 Å². The van der Waals surface area contributed by atoms with E-state index in [1.807, 2.05) is 0 Å². The summed E-state index contributed by atoms with van der Waals surface area (Å²) in [5.74, 6) is -1.04. The molecule has 3 aromatic rings. The number of anilines is 1. The van der Waals surface area contributed by atoms with Crippen LogP contribution >= 0.6 is 15.9 Å². The molecule has 0 spiro atoms. The number of amides is 1. The van der Waals surface area contributed by atoms with Crippen LogP contribution in [0.15, 0.2) is 47.1 Å². The summed E-state index contributed by atoms with van der Waals surface area (Å²) in [6, 6.07) is 9.78. The van der Waals surface area contributed by atoms with Gasteiger partial charge in [0.1, 0.15) is 35.9 Å². The molecule has 2 heterocycles. The Balaban J connectivity index is 1.55. The van der Waals surface area contributed by atoms with Crippen LogP contribution in [0.1, 0.15) is 36.4 Å². The fourth-order valence-electron chi connectivity index (χ4n) is 5.92. The number of aryl methyl sites for hydroxylation is 1. The van der Waals surface area contributed by atoms with Crippen LogP contribution in [0.4, 0.5) is 10.1 Å². The zero-order valence-corrected chi connectivity index (χ0v) is 24.6. The lowest BCUT2D eigenvalue weighted by Crippen LogP contribution is -2.62. The molecule has 42 heavy (non-hydrogen) atoms. The first-order valence-corrected chi connectivity index (χ1v) is 14.3. The van der Waals surface area contributed by atoms with E-state index in [9.17, 15) is 29.8 Å².